The van der Waals surface area contributed by atoms with Crippen molar-refractivity contribution >= 4 is 0 Å². The van der Waals surface area contributed by atoms with Crippen LogP contribution in [0.4, 0.5) is 0 Å². The van der Waals surface area contributed by atoms with Crippen LogP contribution in [0.1, 0.15) is 40.5 Å². The molecule has 1 nitrogen and oxygen atoms in total. The Morgan fingerprint density at radius 2 is 2.00 bits per heavy atom. The zero-order valence-electron chi connectivity index (χ0n) is 8.98. The van der Waals surface area contributed by atoms with Gasteiger partial charge in [0.25, 0.3) is 0 Å². The molecule has 12 heavy (non-hydrogen) atoms. The maximum Gasteiger partial charge on any atom is 0.00929 e. The first-order valence-electron chi connectivity index (χ1n) is 4.95. The smallest absolute Gasteiger partial charge is 0.00929 e. The highest BCUT2D eigenvalue weighted by atomic mass is 14.9. The van der Waals surface area contributed by atoms with Crippen molar-refractivity contribution in [3.8, 4) is 0 Å². The van der Waals surface area contributed by atoms with Gasteiger partial charge in [0.1, 0.15) is 0 Å². The SMILES string of the molecule is C=C(C)CCC(NCC)C(C)C. The average Bonchev–Trinajstić information content (AvgIpc) is 1.96. The van der Waals surface area contributed by atoms with E-state index in [9.17, 15) is 0 Å². The maximum absolute atomic E-state index is 3.92. The van der Waals surface area contributed by atoms with Gasteiger partial charge in [0.05, 0.1) is 0 Å². The highest BCUT2D eigenvalue weighted by molar-refractivity contribution is 4.89. The molecule has 1 N–H and O–H groups in total. The molecule has 0 spiro atoms. The first-order valence-corrected chi connectivity index (χ1v) is 4.95. The van der Waals surface area contributed by atoms with Crippen LogP contribution in [-0.2, 0) is 0 Å². The Balaban J connectivity index is 3.70. The van der Waals surface area contributed by atoms with Gasteiger partial charge >= 0.3 is 0 Å². The summed E-state index contributed by atoms with van der Waals surface area (Å²) in [5, 5.41) is 3.50. The van der Waals surface area contributed by atoms with Crippen LogP contribution in [0.3, 0.4) is 0 Å². The molecule has 0 aromatic heterocycles. The van der Waals surface area contributed by atoms with E-state index in [1.165, 1.54) is 12.0 Å². The lowest BCUT2D eigenvalue weighted by Gasteiger charge is -2.21. The molecular formula is C11H23N. The normalized spacial score (nSPS) is 13.4. The topological polar surface area (TPSA) is 12.0 Å². The van der Waals surface area contributed by atoms with Gasteiger partial charge in [-0.3, -0.25) is 0 Å². The second-order valence-electron chi connectivity index (χ2n) is 3.90. The van der Waals surface area contributed by atoms with Crippen molar-refractivity contribution in [2.24, 2.45) is 5.92 Å². The van der Waals surface area contributed by atoms with E-state index in [1.807, 2.05) is 0 Å². The lowest BCUT2D eigenvalue weighted by Crippen LogP contribution is -2.33. The van der Waals surface area contributed by atoms with Gasteiger partial charge in [0, 0.05) is 6.04 Å². The number of hydrogen-bond acceptors (Lipinski definition) is 1. The summed E-state index contributed by atoms with van der Waals surface area (Å²) in [6.07, 6.45) is 2.37. The first kappa shape index (κ1) is 11.7. The van der Waals surface area contributed by atoms with Crippen molar-refractivity contribution in [1.29, 1.82) is 0 Å². The third-order valence-electron chi connectivity index (χ3n) is 2.15. The van der Waals surface area contributed by atoms with Gasteiger partial charge in [-0.05, 0) is 32.2 Å². The Morgan fingerprint density at radius 1 is 1.42 bits per heavy atom. The molecule has 0 aliphatic heterocycles. The number of allylic oxidation sites excluding steroid dienone is 1. The maximum atomic E-state index is 3.92. The highest BCUT2D eigenvalue weighted by Crippen LogP contribution is 2.11. The van der Waals surface area contributed by atoms with Crippen LogP contribution in [0.2, 0.25) is 0 Å². The fraction of sp³-hybridized carbons (Fsp3) is 0.818. The van der Waals surface area contributed by atoms with Crippen molar-refractivity contribution in [1.82, 2.24) is 5.32 Å². The first-order chi connectivity index (χ1) is 5.57. The minimum Gasteiger partial charge on any atom is -0.314 e. The van der Waals surface area contributed by atoms with Crippen LogP contribution in [0.5, 0.6) is 0 Å². The molecule has 1 unspecified atom stereocenters. The van der Waals surface area contributed by atoms with Crippen LogP contribution in [0, 0.1) is 5.92 Å². The molecule has 0 amide bonds. The predicted molar refractivity (Wildman–Crippen MR) is 56.4 cm³/mol. The molecule has 0 fully saturated rings. The number of hydrogen-bond donors (Lipinski definition) is 1. The fourth-order valence-electron chi connectivity index (χ4n) is 1.34. The second kappa shape index (κ2) is 6.24. The quantitative estimate of drug-likeness (QED) is 0.603. The zero-order valence-corrected chi connectivity index (χ0v) is 8.98. The largest absolute Gasteiger partial charge is 0.314 e. The van der Waals surface area contributed by atoms with Gasteiger partial charge in [0.2, 0.25) is 0 Å². The molecule has 0 bridgehead atoms. The predicted octanol–water partition coefficient (Wildman–Crippen LogP) is 2.98. The van der Waals surface area contributed by atoms with Crippen molar-refractivity contribution in [3.63, 3.8) is 0 Å². The lowest BCUT2D eigenvalue weighted by molar-refractivity contribution is 0.385. The summed E-state index contributed by atoms with van der Waals surface area (Å²) in [6, 6.07) is 0.659. The zero-order chi connectivity index (χ0) is 9.56. The average molecular weight is 169 g/mol. The summed E-state index contributed by atoms with van der Waals surface area (Å²) in [4.78, 5) is 0. The van der Waals surface area contributed by atoms with Crippen molar-refractivity contribution < 1.29 is 0 Å². The Labute approximate surface area is 77.2 Å². The summed E-state index contributed by atoms with van der Waals surface area (Å²) >= 11 is 0. The molecular weight excluding hydrogens is 146 g/mol. The second-order valence-corrected chi connectivity index (χ2v) is 3.90. The van der Waals surface area contributed by atoms with Crippen molar-refractivity contribution in [3.05, 3.63) is 12.2 Å². The Morgan fingerprint density at radius 3 is 2.33 bits per heavy atom. The molecule has 72 valence electrons. The van der Waals surface area contributed by atoms with E-state index in [1.54, 1.807) is 0 Å². The Bertz CT molecular complexity index is 127. The third-order valence-corrected chi connectivity index (χ3v) is 2.15. The van der Waals surface area contributed by atoms with Crippen LogP contribution in [0.15, 0.2) is 12.2 Å². The summed E-state index contributed by atoms with van der Waals surface area (Å²) in [7, 11) is 0. The molecule has 0 saturated carbocycles. The number of nitrogens with one attached hydrogen (secondary N) is 1. The monoisotopic (exact) mass is 169 g/mol. The van der Waals surface area contributed by atoms with E-state index >= 15 is 0 Å². The Kier molecular flexibility index (Phi) is 6.09. The van der Waals surface area contributed by atoms with Crippen LogP contribution in [-0.4, -0.2) is 12.6 Å². The number of rotatable bonds is 6. The molecule has 1 atom stereocenters. The molecule has 0 aromatic rings. The minimum atomic E-state index is 0.659. The van der Waals surface area contributed by atoms with Crippen LogP contribution < -0.4 is 5.32 Å². The summed E-state index contributed by atoms with van der Waals surface area (Å²) in [5.74, 6) is 0.726. The Hall–Kier alpha value is -0.300. The molecule has 1 heteroatoms. The van der Waals surface area contributed by atoms with E-state index in [0.717, 1.165) is 18.9 Å². The molecule has 0 aromatic carbocycles. The van der Waals surface area contributed by atoms with E-state index in [4.69, 9.17) is 0 Å². The third kappa shape index (κ3) is 5.36. The van der Waals surface area contributed by atoms with Gasteiger partial charge < -0.3 is 5.32 Å². The molecule has 0 heterocycles. The van der Waals surface area contributed by atoms with Crippen LogP contribution >= 0.6 is 0 Å². The van der Waals surface area contributed by atoms with E-state index in [0.29, 0.717) is 6.04 Å². The summed E-state index contributed by atoms with van der Waals surface area (Å²) in [5.41, 5.74) is 1.29. The van der Waals surface area contributed by atoms with Gasteiger partial charge in [-0.1, -0.05) is 26.3 Å². The molecule has 0 aliphatic carbocycles. The van der Waals surface area contributed by atoms with E-state index in [2.05, 4.69) is 39.6 Å². The summed E-state index contributed by atoms with van der Waals surface area (Å²) in [6.45, 7) is 13.8. The van der Waals surface area contributed by atoms with Gasteiger partial charge in [-0.25, -0.2) is 0 Å². The summed E-state index contributed by atoms with van der Waals surface area (Å²) < 4.78 is 0. The lowest BCUT2D eigenvalue weighted by atomic mass is 9.97. The standard InChI is InChI=1S/C11H23N/c1-6-12-11(10(4)5)8-7-9(2)3/h10-12H,2,6-8H2,1,3-5H3. The highest BCUT2D eigenvalue weighted by Gasteiger charge is 2.10. The fourth-order valence-corrected chi connectivity index (χ4v) is 1.34. The molecule has 0 aliphatic rings. The van der Waals surface area contributed by atoms with Gasteiger partial charge in [0.15, 0.2) is 0 Å². The van der Waals surface area contributed by atoms with Crippen molar-refractivity contribution in [2.75, 3.05) is 6.54 Å². The minimum absolute atomic E-state index is 0.659. The molecule has 0 rings (SSSR count). The van der Waals surface area contributed by atoms with Gasteiger partial charge in [-0.2, -0.15) is 0 Å². The van der Waals surface area contributed by atoms with Crippen molar-refractivity contribution in [2.45, 2.75) is 46.6 Å². The van der Waals surface area contributed by atoms with Crippen LogP contribution in [0.25, 0.3) is 0 Å². The molecule has 0 saturated heterocycles. The van der Waals surface area contributed by atoms with E-state index < -0.39 is 0 Å². The molecule has 0 radical (unpaired) electrons. The van der Waals surface area contributed by atoms with E-state index in [-0.39, 0.29) is 0 Å². The van der Waals surface area contributed by atoms with Gasteiger partial charge in [-0.15, -0.1) is 6.58 Å².